The molecule has 2 aromatic rings. The van der Waals surface area contributed by atoms with Crippen LogP contribution in [0, 0.1) is 6.92 Å². The first-order chi connectivity index (χ1) is 12.9. The van der Waals surface area contributed by atoms with Crippen LogP contribution in [0.4, 0.5) is 10.5 Å². The maximum absolute atomic E-state index is 12.6. The van der Waals surface area contributed by atoms with Crippen molar-refractivity contribution in [2.45, 2.75) is 45.6 Å². The molecular formula is C20H26N4O3. The Labute approximate surface area is 158 Å². The van der Waals surface area contributed by atoms with Crippen LogP contribution in [0.5, 0.6) is 5.75 Å². The molecule has 7 heteroatoms. The molecule has 3 rings (SSSR count). The van der Waals surface area contributed by atoms with E-state index in [0.717, 1.165) is 24.3 Å². The number of aromatic nitrogens is 2. The second-order valence-corrected chi connectivity index (χ2v) is 7.14. The summed E-state index contributed by atoms with van der Waals surface area (Å²) >= 11 is 0. The Bertz CT molecular complexity index is 854. The molecule has 27 heavy (non-hydrogen) atoms. The number of piperidine rings is 1. The molecule has 1 aliphatic rings. The number of rotatable bonds is 4. The molecular weight excluding hydrogens is 344 g/mol. The summed E-state index contributed by atoms with van der Waals surface area (Å²) in [6, 6.07) is 8.85. The van der Waals surface area contributed by atoms with Gasteiger partial charge in [-0.15, -0.1) is 0 Å². The Morgan fingerprint density at radius 2 is 2.04 bits per heavy atom. The number of H-pyrrole nitrogens is 1. The number of nitrogens with zero attached hydrogens (tertiary/aromatic N) is 2. The van der Waals surface area contributed by atoms with Gasteiger partial charge in [-0.2, -0.15) is 0 Å². The molecule has 0 saturated carbocycles. The summed E-state index contributed by atoms with van der Waals surface area (Å²) in [7, 11) is 0. The van der Waals surface area contributed by atoms with Crippen molar-refractivity contribution in [3.05, 3.63) is 52.2 Å². The Hall–Kier alpha value is -2.83. The van der Waals surface area contributed by atoms with Crippen LogP contribution in [-0.4, -0.2) is 40.1 Å². The second kappa shape index (κ2) is 8.24. The van der Waals surface area contributed by atoms with Crippen LogP contribution >= 0.6 is 0 Å². The van der Waals surface area contributed by atoms with Crippen molar-refractivity contribution in [1.29, 1.82) is 0 Å². The van der Waals surface area contributed by atoms with Crippen molar-refractivity contribution in [3.8, 4) is 5.75 Å². The standard InChI is InChI=1S/C20H26N4O3/c1-13(2)27-17-6-4-5-16(11-17)23-20(26)24-9-7-15(8-10-24)18-12-19(25)22-14(3)21-18/h4-6,11-13,15H,7-10H2,1-3H3,(H,23,26)(H,21,22,25). The molecule has 1 aromatic heterocycles. The van der Waals surface area contributed by atoms with Gasteiger partial charge in [0.25, 0.3) is 5.56 Å². The number of hydrogen-bond donors (Lipinski definition) is 2. The van der Waals surface area contributed by atoms with E-state index in [-0.39, 0.29) is 23.6 Å². The third-order valence-corrected chi connectivity index (χ3v) is 4.54. The average molecular weight is 370 g/mol. The fraction of sp³-hybridized carbons (Fsp3) is 0.450. The number of benzene rings is 1. The van der Waals surface area contributed by atoms with Gasteiger partial charge in [-0.1, -0.05) is 6.07 Å². The van der Waals surface area contributed by atoms with Crippen LogP contribution in [0.25, 0.3) is 0 Å². The van der Waals surface area contributed by atoms with Crippen LogP contribution in [0.3, 0.4) is 0 Å². The highest BCUT2D eigenvalue weighted by molar-refractivity contribution is 5.89. The Kier molecular flexibility index (Phi) is 5.78. The number of hydrogen-bond acceptors (Lipinski definition) is 4. The van der Waals surface area contributed by atoms with Crippen LogP contribution in [0.2, 0.25) is 0 Å². The minimum absolute atomic E-state index is 0.0810. The predicted octanol–water partition coefficient (Wildman–Crippen LogP) is 3.28. The van der Waals surface area contributed by atoms with Crippen molar-refractivity contribution < 1.29 is 9.53 Å². The molecule has 0 aliphatic carbocycles. The van der Waals surface area contributed by atoms with Gasteiger partial charge >= 0.3 is 6.03 Å². The molecule has 7 nitrogen and oxygen atoms in total. The van der Waals surface area contributed by atoms with E-state index < -0.39 is 0 Å². The molecule has 0 bridgehead atoms. The number of anilines is 1. The fourth-order valence-corrected chi connectivity index (χ4v) is 3.31. The van der Waals surface area contributed by atoms with Crippen molar-refractivity contribution >= 4 is 11.7 Å². The molecule has 2 amide bonds. The van der Waals surface area contributed by atoms with Crippen molar-refractivity contribution in [2.75, 3.05) is 18.4 Å². The molecule has 1 aromatic carbocycles. The molecule has 2 N–H and O–H groups in total. The molecule has 1 aliphatic heterocycles. The minimum atomic E-state index is -0.124. The quantitative estimate of drug-likeness (QED) is 0.865. The van der Waals surface area contributed by atoms with Crippen LogP contribution in [0.1, 0.15) is 44.1 Å². The number of amides is 2. The summed E-state index contributed by atoms with van der Waals surface area (Å²) in [5, 5.41) is 2.93. The largest absolute Gasteiger partial charge is 0.491 e. The lowest BCUT2D eigenvalue weighted by atomic mass is 9.93. The Morgan fingerprint density at radius 1 is 1.30 bits per heavy atom. The SMILES string of the molecule is Cc1nc(C2CCN(C(=O)Nc3cccc(OC(C)C)c3)CC2)cc(=O)[nH]1. The summed E-state index contributed by atoms with van der Waals surface area (Å²) in [6.07, 6.45) is 1.66. The molecule has 0 atom stereocenters. The molecule has 1 saturated heterocycles. The van der Waals surface area contributed by atoms with Gasteiger partial charge in [0.15, 0.2) is 0 Å². The van der Waals surface area contributed by atoms with Gasteiger partial charge < -0.3 is 19.9 Å². The number of carbonyl (C=O) groups is 1. The number of nitrogens with one attached hydrogen (secondary N) is 2. The summed E-state index contributed by atoms with van der Waals surface area (Å²) in [4.78, 5) is 33.1. The van der Waals surface area contributed by atoms with Gasteiger partial charge in [0.05, 0.1) is 11.8 Å². The van der Waals surface area contributed by atoms with E-state index in [1.54, 1.807) is 17.9 Å². The van der Waals surface area contributed by atoms with E-state index in [0.29, 0.717) is 24.6 Å². The first-order valence-electron chi connectivity index (χ1n) is 9.31. The molecule has 2 heterocycles. The average Bonchev–Trinajstić information content (AvgIpc) is 2.61. The van der Waals surface area contributed by atoms with Crippen LogP contribution < -0.4 is 15.6 Å². The lowest BCUT2D eigenvalue weighted by molar-refractivity contribution is 0.194. The lowest BCUT2D eigenvalue weighted by Crippen LogP contribution is -2.40. The van der Waals surface area contributed by atoms with E-state index in [2.05, 4.69) is 15.3 Å². The Morgan fingerprint density at radius 3 is 2.70 bits per heavy atom. The molecule has 1 fully saturated rings. The lowest BCUT2D eigenvalue weighted by Gasteiger charge is -2.31. The van der Waals surface area contributed by atoms with Gasteiger partial charge in [0.2, 0.25) is 0 Å². The summed E-state index contributed by atoms with van der Waals surface area (Å²) in [5.41, 5.74) is 1.41. The maximum Gasteiger partial charge on any atom is 0.321 e. The van der Waals surface area contributed by atoms with Gasteiger partial charge in [0.1, 0.15) is 11.6 Å². The molecule has 0 spiro atoms. The summed E-state index contributed by atoms with van der Waals surface area (Å²) in [5.74, 6) is 1.57. The third kappa shape index (κ3) is 5.09. The first-order valence-corrected chi connectivity index (χ1v) is 9.31. The van der Waals surface area contributed by atoms with E-state index in [4.69, 9.17) is 4.74 Å². The van der Waals surface area contributed by atoms with Gasteiger partial charge in [-0.25, -0.2) is 9.78 Å². The highest BCUT2D eigenvalue weighted by Gasteiger charge is 2.25. The van der Waals surface area contributed by atoms with Crippen molar-refractivity contribution in [3.63, 3.8) is 0 Å². The number of aromatic amines is 1. The normalized spacial score (nSPS) is 15.0. The predicted molar refractivity (Wildman–Crippen MR) is 104 cm³/mol. The van der Waals surface area contributed by atoms with Gasteiger partial charge in [0, 0.05) is 36.8 Å². The molecule has 0 unspecified atom stereocenters. The summed E-state index contributed by atoms with van der Waals surface area (Å²) in [6.45, 7) is 6.97. The van der Waals surface area contributed by atoms with E-state index in [1.165, 1.54) is 0 Å². The smallest absolute Gasteiger partial charge is 0.321 e. The maximum atomic E-state index is 12.6. The number of urea groups is 1. The highest BCUT2D eigenvalue weighted by atomic mass is 16.5. The monoisotopic (exact) mass is 370 g/mol. The van der Waals surface area contributed by atoms with E-state index in [9.17, 15) is 9.59 Å². The molecule has 0 radical (unpaired) electrons. The minimum Gasteiger partial charge on any atom is -0.491 e. The summed E-state index contributed by atoms with van der Waals surface area (Å²) < 4.78 is 5.66. The first kappa shape index (κ1) is 18.9. The number of carbonyl (C=O) groups excluding carboxylic acids is 1. The highest BCUT2D eigenvalue weighted by Crippen LogP contribution is 2.26. The topological polar surface area (TPSA) is 87.3 Å². The zero-order valence-electron chi connectivity index (χ0n) is 16.0. The van der Waals surface area contributed by atoms with Crippen molar-refractivity contribution in [2.24, 2.45) is 0 Å². The van der Waals surface area contributed by atoms with Crippen LogP contribution in [0.15, 0.2) is 35.1 Å². The zero-order chi connectivity index (χ0) is 19.4. The van der Waals surface area contributed by atoms with Crippen LogP contribution in [-0.2, 0) is 0 Å². The third-order valence-electron chi connectivity index (χ3n) is 4.54. The van der Waals surface area contributed by atoms with Crippen molar-refractivity contribution in [1.82, 2.24) is 14.9 Å². The fourth-order valence-electron chi connectivity index (χ4n) is 3.31. The van der Waals surface area contributed by atoms with Gasteiger partial charge in [-0.05, 0) is 45.7 Å². The van der Waals surface area contributed by atoms with Gasteiger partial charge in [-0.3, -0.25) is 4.79 Å². The van der Waals surface area contributed by atoms with E-state index in [1.807, 2.05) is 38.1 Å². The number of aryl methyl sites for hydroxylation is 1. The second-order valence-electron chi connectivity index (χ2n) is 7.14. The number of ether oxygens (including phenoxy) is 1. The zero-order valence-corrected chi connectivity index (χ0v) is 16.0. The van der Waals surface area contributed by atoms with E-state index >= 15 is 0 Å². The number of likely N-dealkylation sites (tertiary alicyclic amines) is 1. The molecule has 144 valence electrons. The Balaban J connectivity index is 1.58.